The summed E-state index contributed by atoms with van der Waals surface area (Å²) in [5.41, 5.74) is 0. The van der Waals surface area contributed by atoms with Crippen molar-refractivity contribution in [2.24, 2.45) is 0 Å². The molecule has 0 aliphatic heterocycles. The molecule has 0 rings (SSSR count). The molecule has 0 aromatic heterocycles. The second kappa shape index (κ2) is 5.97. The van der Waals surface area contributed by atoms with Gasteiger partial charge >= 0.3 is 0 Å². The topological polar surface area (TPSA) is 27.7 Å². The summed E-state index contributed by atoms with van der Waals surface area (Å²) >= 11 is 0. The first-order valence-corrected chi connectivity index (χ1v) is 16.9. The average molecular weight is 320 g/mol. The van der Waals surface area contributed by atoms with E-state index in [1.165, 1.54) is 0 Å². The summed E-state index contributed by atoms with van der Waals surface area (Å²) in [4.78, 5) is 0. The van der Waals surface area contributed by atoms with Gasteiger partial charge in [-0.25, -0.2) is 0 Å². The molecule has 105 valence electrons. The van der Waals surface area contributed by atoms with Crippen molar-refractivity contribution >= 4 is 35.2 Å². The number of rotatable bonds is 6. The van der Waals surface area contributed by atoms with Crippen molar-refractivity contribution in [3.8, 4) is 0 Å². The van der Waals surface area contributed by atoms with E-state index >= 15 is 0 Å². The second-order valence-electron chi connectivity index (χ2n) is 7.26. The van der Waals surface area contributed by atoms with Crippen molar-refractivity contribution in [2.75, 3.05) is 0 Å². The highest BCUT2D eigenvalue weighted by Gasteiger charge is 2.27. The summed E-state index contributed by atoms with van der Waals surface area (Å²) in [7, 11) is -1.57. The SMILES string of the molecule is C[Si](C)(C)OC([Si])=C(O[Si](C)(C)C)O[Si](C)(C)C. The van der Waals surface area contributed by atoms with Crippen molar-refractivity contribution in [1.29, 1.82) is 0 Å². The zero-order valence-electron chi connectivity index (χ0n) is 13.2. The Bertz CT molecular complexity index is 290. The Morgan fingerprint density at radius 2 is 0.889 bits per heavy atom. The Labute approximate surface area is 119 Å². The molecule has 3 nitrogen and oxygen atoms in total. The molecule has 0 N–H and O–H groups in total. The molecule has 7 heteroatoms. The molecular formula is C11H27O3Si4. The lowest BCUT2D eigenvalue weighted by Crippen LogP contribution is -2.34. The minimum atomic E-state index is -1.71. The van der Waals surface area contributed by atoms with Crippen molar-refractivity contribution in [3.05, 3.63) is 11.3 Å². The smallest absolute Gasteiger partial charge is 0.283 e. The van der Waals surface area contributed by atoms with Crippen LogP contribution in [0.3, 0.4) is 0 Å². The lowest BCUT2D eigenvalue weighted by molar-refractivity contribution is 0.193. The fraction of sp³-hybridized carbons (Fsp3) is 0.818. The maximum Gasteiger partial charge on any atom is 0.283 e. The van der Waals surface area contributed by atoms with Crippen LogP contribution < -0.4 is 0 Å². The molecule has 0 fully saturated rings. The van der Waals surface area contributed by atoms with E-state index in [1.54, 1.807) is 0 Å². The van der Waals surface area contributed by atoms with Gasteiger partial charge in [0.1, 0.15) is 15.6 Å². The molecule has 0 saturated carbocycles. The molecule has 3 radical (unpaired) electrons. The zero-order chi connectivity index (χ0) is 14.8. The van der Waals surface area contributed by atoms with Gasteiger partial charge in [0.25, 0.3) is 5.95 Å². The van der Waals surface area contributed by atoms with Crippen LogP contribution in [0.4, 0.5) is 0 Å². The summed E-state index contributed by atoms with van der Waals surface area (Å²) in [5.74, 6) is 0.535. The van der Waals surface area contributed by atoms with Crippen LogP contribution in [0.5, 0.6) is 0 Å². The summed E-state index contributed by atoms with van der Waals surface area (Å²) in [6.07, 6.45) is 0. The van der Waals surface area contributed by atoms with Crippen molar-refractivity contribution < 1.29 is 13.3 Å². The van der Waals surface area contributed by atoms with Gasteiger partial charge in [0.15, 0.2) is 0 Å². The van der Waals surface area contributed by atoms with Crippen LogP contribution in [-0.2, 0) is 13.3 Å². The molecule has 0 unspecified atom stereocenters. The number of hydrogen-bond acceptors (Lipinski definition) is 3. The van der Waals surface area contributed by atoms with E-state index in [0.29, 0.717) is 11.3 Å². The van der Waals surface area contributed by atoms with Gasteiger partial charge in [0.2, 0.25) is 25.0 Å². The third-order valence-corrected chi connectivity index (χ3v) is 4.31. The molecule has 0 aromatic carbocycles. The molecule has 0 aliphatic carbocycles. The molecule has 0 amide bonds. The second-order valence-corrected chi connectivity index (χ2v) is 21.0. The fourth-order valence-electron chi connectivity index (χ4n) is 1.02. The van der Waals surface area contributed by atoms with Crippen LogP contribution in [0.15, 0.2) is 11.3 Å². The third-order valence-electron chi connectivity index (χ3n) is 1.39. The van der Waals surface area contributed by atoms with Crippen LogP contribution in [0.1, 0.15) is 0 Å². The van der Waals surface area contributed by atoms with Crippen LogP contribution in [0, 0.1) is 0 Å². The molecule has 0 bridgehead atoms. The number of hydrogen-bond donors (Lipinski definition) is 0. The minimum absolute atomic E-state index is 0.535. The Balaban J connectivity index is 5.13. The van der Waals surface area contributed by atoms with E-state index in [2.05, 4.69) is 69.2 Å². The summed E-state index contributed by atoms with van der Waals surface area (Å²) in [6.45, 7) is 19.2. The van der Waals surface area contributed by atoms with Gasteiger partial charge in [0, 0.05) is 0 Å². The van der Waals surface area contributed by atoms with Crippen LogP contribution in [0.25, 0.3) is 0 Å². The summed E-state index contributed by atoms with van der Waals surface area (Å²) < 4.78 is 17.9. The van der Waals surface area contributed by atoms with Crippen LogP contribution in [-0.4, -0.2) is 35.2 Å². The van der Waals surface area contributed by atoms with Gasteiger partial charge in [-0.1, -0.05) is 0 Å². The molecule has 0 heterocycles. The fourth-order valence-corrected chi connectivity index (χ4v) is 4.40. The average Bonchev–Trinajstić information content (AvgIpc) is 1.93. The Hall–Kier alpha value is 0.00753. The van der Waals surface area contributed by atoms with Crippen LogP contribution >= 0.6 is 0 Å². The van der Waals surface area contributed by atoms with Gasteiger partial charge in [-0.05, 0) is 58.9 Å². The maximum absolute atomic E-state index is 6.00. The predicted octanol–water partition coefficient (Wildman–Crippen LogP) is 3.84. The van der Waals surface area contributed by atoms with E-state index in [4.69, 9.17) is 13.3 Å². The highest BCUT2D eigenvalue weighted by atomic mass is 28.4. The molecule has 0 saturated heterocycles. The predicted molar refractivity (Wildman–Crippen MR) is 86.1 cm³/mol. The van der Waals surface area contributed by atoms with E-state index in [0.717, 1.165) is 0 Å². The summed E-state index contributed by atoms with van der Waals surface area (Å²) in [6, 6.07) is 0. The highest BCUT2D eigenvalue weighted by molar-refractivity contribution is 6.72. The summed E-state index contributed by atoms with van der Waals surface area (Å²) in [5, 5.41) is 0.610. The third kappa shape index (κ3) is 9.98. The molecule has 0 aliphatic rings. The van der Waals surface area contributed by atoms with E-state index in [1.807, 2.05) is 0 Å². The lowest BCUT2D eigenvalue weighted by atomic mass is 11.0. The van der Waals surface area contributed by atoms with Gasteiger partial charge in [-0.2, -0.15) is 0 Å². The Morgan fingerprint density at radius 3 is 1.11 bits per heavy atom. The van der Waals surface area contributed by atoms with Crippen molar-refractivity contribution in [2.45, 2.75) is 58.9 Å². The first kappa shape index (κ1) is 18.0. The zero-order valence-corrected chi connectivity index (χ0v) is 17.2. The van der Waals surface area contributed by atoms with E-state index < -0.39 is 25.0 Å². The first-order chi connectivity index (χ1) is 7.70. The Morgan fingerprint density at radius 1 is 0.611 bits per heavy atom. The first-order valence-electron chi connectivity index (χ1n) is 6.22. The minimum Gasteiger partial charge on any atom is -0.546 e. The molecule has 0 atom stereocenters. The Kier molecular flexibility index (Phi) is 5.98. The van der Waals surface area contributed by atoms with Gasteiger partial charge in [-0.3, -0.25) is 0 Å². The van der Waals surface area contributed by atoms with Gasteiger partial charge < -0.3 is 13.3 Å². The largest absolute Gasteiger partial charge is 0.546 e. The maximum atomic E-state index is 6.00. The molecular weight excluding hydrogens is 292 g/mol. The van der Waals surface area contributed by atoms with Gasteiger partial charge in [0.05, 0.1) is 0 Å². The van der Waals surface area contributed by atoms with E-state index in [-0.39, 0.29) is 0 Å². The van der Waals surface area contributed by atoms with E-state index in [9.17, 15) is 0 Å². The monoisotopic (exact) mass is 319 g/mol. The standard InChI is InChI=1S/C11H27O3Si4/c1-16(2,3)12-10(13-17(4,5)6)11(15)14-18(7,8)9/h1-9H3. The van der Waals surface area contributed by atoms with Gasteiger partial charge in [-0.15, -0.1) is 0 Å². The lowest BCUT2D eigenvalue weighted by Gasteiger charge is -2.30. The quantitative estimate of drug-likeness (QED) is 0.550. The highest BCUT2D eigenvalue weighted by Crippen LogP contribution is 2.21. The molecule has 0 spiro atoms. The van der Waals surface area contributed by atoms with Crippen LogP contribution in [0.2, 0.25) is 58.9 Å². The van der Waals surface area contributed by atoms with Crippen molar-refractivity contribution in [3.63, 3.8) is 0 Å². The van der Waals surface area contributed by atoms with Crippen molar-refractivity contribution in [1.82, 2.24) is 0 Å². The molecule has 18 heavy (non-hydrogen) atoms. The molecule has 0 aromatic rings. The normalized spacial score (nSPS) is 13.0.